The average molecular weight is 442 g/mol. The number of likely N-dealkylation sites (tertiary alicyclic amines) is 1. The van der Waals surface area contributed by atoms with E-state index in [1.165, 1.54) is 0 Å². The van der Waals surface area contributed by atoms with E-state index in [-0.39, 0.29) is 23.7 Å². The Labute approximate surface area is 189 Å². The second-order valence-electron chi connectivity index (χ2n) is 8.02. The quantitative estimate of drug-likeness (QED) is 0.491. The normalized spacial score (nSPS) is 15.7. The molecule has 1 atom stereocenters. The molecule has 1 unspecified atom stereocenters. The lowest BCUT2D eigenvalue weighted by atomic mass is 10.1. The highest BCUT2D eigenvalue weighted by Gasteiger charge is 2.29. The molecule has 0 aromatic carbocycles. The smallest absolute Gasteiger partial charge is 0.272 e. The van der Waals surface area contributed by atoms with Gasteiger partial charge < -0.3 is 16.0 Å². The fourth-order valence-corrected chi connectivity index (χ4v) is 3.95. The summed E-state index contributed by atoms with van der Waals surface area (Å²) in [6.45, 7) is 0.914. The Kier molecular flexibility index (Phi) is 5.17. The van der Waals surface area contributed by atoms with E-state index in [0.29, 0.717) is 36.4 Å². The molecule has 0 bridgehead atoms. The van der Waals surface area contributed by atoms with Gasteiger partial charge in [-0.1, -0.05) is 0 Å². The molecule has 1 aliphatic rings. The summed E-state index contributed by atoms with van der Waals surface area (Å²) in [5.41, 5.74) is 8.73. The van der Waals surface area contributed by atoms with Crippen molar-refractivity contribution in [3.8, 4) is 11.1 Å². The first-order chi connectivity index (χ1) is 16.0. The van der Waals surface area contributed by atoms with Gasteiger partial charge in [-0.2, -0.15) is 5.10 Å². The number of carbonyl (C=O) groups is 2. The number of nitrogens with two attached hydrogens (primary N) is 1. The lowest BCUT2D eigenvalue weighted by Gasteiger charge is -2.17. The Hall–Kier alpha value is -4.34. The maximum absolute atomic E-state index is 12.9. The van der Waals surface area contributed by atoms with Crippen LogP contribution in [0.25, 0.3) is 22.2 Å². The number of anilines is 1. The van der Waals surface area contributed by atoms with Crippen LogP contribution in [0, 0.1) is 0 Å². The van der Waals surface area contributed by atoms with Crippen LogP contribution in [0.4, 0.5) is 5.82 Å². The van der Waals surface area contributed by atoms with Crippen LogP contribution in [0.2, 0.25) is 0 Å². The van der Waals surface area contributed by atoms with Crippen molar-refractivity contribution in [2.24, 2.45) is 7.05 Å². The first-order valence-electron chi connectivity index (χ1n) is 10.5. The van der Waals surface area contributed by atoms with Crippen LogP contribution in [-0.2, 0) is 7.05 Å². The van der Waals surface area contributed by atoms with Crippen molar-refractivity contribution in [3.05, 3.63) is 66.4 Å². The van der Waals surface area contributed by atoms with Crippen LogP contribution in [0.3, 0.4) is 0 Å². The van der Waals surface area contributed by atoms with E-state index < -0.39 is 0 Å². The van der Waals surface area contributed by atoms with Crippen LogP contribution in [0.15, 0.2) is 55.1 Å². The molecular formula is C23H22N8O2. The molecule has 0 saturated carbocycles. The zero-order chi connectivity index (χ0) is 22.9. The lowest BCUT2D eigenvalue weighted by Crippen LogP contribution is -2.39. The summed E-state index contributed by atoms with van der Waals surface area (Å²) in [5.74, 6) is -0.351. The van der Waals surface area contributed by atoms with E-state index in [9.17, 15) is 9.59 Å². The van der Waals surface area contributed by atoms with E-state index >= 15 is 0 Å². The summed E-state index contributed by atoms with van der Waals surface area (Å²) < 4.78 is 1.68. The number of hydrogen-bond donors (Lipinski definition) is 2. The molecular weight excluding hydrogens is 420 g/mol. The largest absolute Gasteiger partial charge is 0.383 e. The molecule has 1 saturated heterocycles. The van der Waals surface area contributed by atoms with Crippen molar-refractivity contribution in [3.63, 3.8) is 0 Å². The number of aryl methyl sites for hydroxylation is 1. The van der Waals surface area contributed by atoms with Crippen LogP contribution in [0.1, 0.15) is 27.3 Å². The minimum Gasteiger partial charge on any atom is -0.383 e. The van der Waals surface area contributed by atoms with Gasteiger partial charge in [-0.3, -0.25) is 14.3 Å². The number of nitrogens with zero attached hydrogens (tertiary/aromatic N) is 6. The van der Waals surface area contributed by atoms with Crippen LogP contribution in [-0.4, -0.2) is 60.6 Å². The van der Waals surface area contributed by atoms with Gasteiger partial charge in [-0.15, -0.1) is 0 Å². The number of nitrogens with one attached hydrogen (secondary N) is 1. The highest BCUT2D eigenvalue weighted by molar-refractivity contribution is 6.00. The number of rotatable bonds is 4. The number of fused-ring (bicyclic) bond motifs is 1. The van der Waals surface area contributed by atoms with Gasteiger partial charge in [0.25, 0.3) is 11.8 Å². The summed E-state index contributed by atoms with van der Waals surface area (Å²) in [6.07, 6.45) is 7.44. The van der Waals surface area contributed by atoms with Crippen LogP contribution in [0.5, 0.6) is 0 Å². The fraction of sp³-hybridized carbons (Fsp3) is 0.217. The van der Waals surface area contributed by atoms with Gasteiger partial charge in [0.15, 0.2) is 5.65 Å². The highest BCUT2D eigenvalue weighted by Crippen LogP contribution is 2.22. The Morgan fingerprint density at radius 2 is 2.03 bits per heavy atom. The molecule has 1 fully saturated rings. The number of aromatic nitrogens is 5. The van der Waals surface area contributed by atoms with Crippen molar-refractivity contribution in [2.75, 3.05) is 18.8 Å². The summed E-state index contributed by atoms with van der Waals surface area (Å²) in [5, 5.41) is 8.00. The third kappa shape index (κ3) is 4.10. The Morgan fingerprint density at radius 3 is 2.85 bits per heavy atom. The van der Waals surface area contributed by atoms with Crippen molar-refractivity contribution >= 4 is 28.7 Å². The molecule has 0 aliphatic carbocycles. The van der Waals surface area contributed by atoms with E-state index in [4.69, 9.17) is 5.73 Å². The SMILES string of the molecule is Cn1cc(-c2cnc(N)c(C(=O)NC3CCN(C(=O)c4ccc5cccnc5n4)C3)c2)cn1. The third-order valence-corrected chi connectivity index (χ3v) is 5.70. The Bertz CT molecular complexity index is 1370. The van der Waals surface area contributed by atoms with E-state index in [0.717, 1.165) is 16.5 Å². The highest BCUT2D eigenvalue weighted by atomic mass is 16.2. The molecule has 3 N–H and O–H groups in total. The Balaban J connectivity index is 1.27. The number of carbonyl (C=O) groups excluding carboxylic acids is 2. The van der Waals surface area contributed by atoms with Crippen molar-refractivity contribution < 1.29 is 9.59 Å². The molecule has 5 heterocycles. The van der Waals surface area contributed by atoms with Crippen molar-refractivity contribution in [2.45, 2.75) is 12.5 Å². The maximum Gasteiger partial charge on any atom is 0.272 e. The molecule has 1 aliphatic heterocycles. The number of nitrogen functional groups attached to an aromatic ring is 1. The first-order valence-corrected chi connectivity index (χ1v) is 10.5. The van der Waals surface area contributed by atoms with Gasteiger partial charge in [0, 0.05) is 61.3 Å². The van der Waals surface area contributed by atoms with E-state index in [1.54, 1.807) is 40.3 Å². The third-order valence-electron chi connectivity index (χ3n) is 5.70. The van der Waals surface area contributed by atoms with Crippen LogP contribution < -0.4 is 11.1 Å². The zero-order valence-electron chi connectivity index (χ0n) is 18.0. The second kappa shape index (κ2) is 8.30. The number of hydrogen-bond acceptors (Lipinski definition) is 7. The summed E-state index contributed by atoms with van der Waals surface area (Å²) in [6, 6.07) is 8.78. The second-order valence-corrected chi connectivity index (χ2v) is 8.02. The standard InChI is InChI=1S/C23H22N8O2/c1-30-12-16(11-27-30)15-9-18(20(24)26-10-15)22(32)28-17-6-8-31(13-17)23(33)19-5-4-14-3-2-7-25-21(14)29-19/h2-5,7,9-12,17H,6,8,13H2,1H3,(H2,24,26)(H,28,32). The molecule has 166 valence electrons. The van der Waals surface area contributed by atoms with Gasteiger partial charge >= 0.3 is 0 Å². The molecule has 4 aromatic heterocycles. The average Bonchev–Trinajstić information content (AvgIpc) is 3.47. The predicted octanol–water partition coefficient (Wildman–Crippen LogP) is 1.65. The molecule has 2 amide bonds. The Morgan fingerprint density at radius 1 is 1.15 bits per heavy atom. The molecule has 0 spiro atoms. The van der Waals surface area contributed by atoms with Gasteiger partial charge in [-0.25, -0.2) is 15.0 Å². The van der Waals surface area contributed by atoms with Crippen molar-refractivity contribution in [1.82, 2.24) is 34.9 Å². The molecule has 5 rings (SSSR count). The minimum absolute atomic E-state index is 0.152. The minimum atomic E-state index is -0.321. The monoisotopic (exact) mass is 442 g/mol. The fourth-order valence-electron chi connectivity index (χ4n) is 3.95. The number of amides is 2. The maximum atomic E-state index is 12.9. The van der Waals surface area contributed by atoms with Crippen molar-refractivity contribution in [1.29, 1.82) is 0 Å². The predicted molar refractivity (Wildman–Crippen MR) is 122 cm³/mol. The lowest BCUT2D eigenvalue weighted by molar-refractivity contribution is 0.0778. The summed E-state index contributed by atoms with van der Waals surface area (Å²) in [7, 11) is 1.82. The summed E-state index contributed by atoms with van der Waals surface area (Å²) in [4.78, 5) is 40.3. The topological polar surface area (TPSA) is 132 Å². The summed E-state index contributed by atoms with van der Waals surface area (Å²) >= 11 is 0. The molecule has 10 heteroatoms. The number of pyridine rings is 3. The molecule has 0 radical (unpaired) electrons. The van der Waals surface area contributed by atoms with E-state index in [2.05, 4.69) is 25.4 Å². The van der Waals surface area contributed by atoms with Gasteiger partial charge in [0.05, 0.1) is 11.8 Å². The molecule has 10 nitrogen and oxygen atoms in total. The van der Waals surface area contributed by atoms with Gasteiger partial charge in [-0.05, 0) is 36.8 Å². The zero-order valence-corrected chi connectivity index (χ0v) is 18.0. The van der Waals surface area contributed by atoms with Gasteiger partial charge in [0.1, 0.15) is 11.5 Å². The first kappa shape index (κ1) is 20.6. The van der Waals surface area contributed by atoms with Crippen LogP contribution >= 0.6 is 0 Å². The van der Waals surface area contributed by atoms with E-state index in [1.807, 2.05) is 31.4 Å². The molecule has 4 aromatic rings. The van der Waals surface area contributed by atoms with Gasteiger partial charge in [0.2, 0.25) is 0 Å². The molecule has 33 heavy (non-hydrogen) atoms.